The standard InChI is InChI=1S/C19H22N2O2/c1-13-4-3-5-14(2)18(13)19(22)21-17-12-23-11-16(17)10-15-6-8-20-9-7-15/h3-9,16-17H,10-12H2,1-2H3,(H,21,22)/t16-,17-/m1/s1. The molecular formula is C19H22N2O2. The molecule has 1 aromatic carbocycles. The third kappa shape index (κ3) is 3.59. The van der Waals surface area contributed by atoms with E-state index >= 15 is 0 Å². The van der Waals surface area contributed by atoms with Crippen molar-refractivity contribution in [3.63, 3.8) is 0 Å². The first-order valence-corrected chi connectivity index (χ1v) is 7.99. The van der Waals surface area contributed by atoms with Gasteiger partial charge in [-0.15, -0.1) is 0 Å². The number of amides is 1. The van der Waals surface area contributed by atoms with Crippen molar-refractivity contribution < 1.29 is 9.53 Å². The topological polar surface area (TPSA) is 51.2 Å². The van der Waals surface area contributed by atoms with Gasteiger partial charge in [0, 0.05) is 23.9 Å². The minimum Gasteiger partial charge on any atom is -0.379 e. The summed E-state index contributed by atoms with van der Waals surface area (Å²) in [6.45, 7) is 5.20. The Morgan fingerprint density at radius 2 is 1.87 bits per heavy atom. The zero-order valence-corrected chi connectivity index (χ0v) is 13.6. The maximum Gasteiger partial charge on any atom is 0.252 e. The number of hydrogen-bond donors (Lipinski definition) is 1. The van der Waals surface area contributed by atoms with Crippen LogP contribution >= 0.6 is 0 Å². The van der Waals surface area contributed by atoms with E-state index in [2.05, 4.69) is 10.3 Å². The molecule has 0 unspecified atom stereocenters. The van der Waals surface area contributed by atoms with E-state index in [9.17, 15) is 4.79 Å². The molecule has 1 fully saturated rings. The number of nitrogens with one attached hydrogen (secondary N) is 1. The highest BCUT2D eigenvalue weighted by atomic mass is 16.5. The fourth-order valence-electron chi connectivity index (χ4n) is 3.19. The van der Waals surface area contributed by atoms with Crippen LogP contribution in [0.15, 0.2) is 42.7 Å². The van der Waals surface area contributed by atoms with Crippen molar-refractivity contribution in [2.45, 2.75) is 26.3 Å². The van der Waals surface area contributed by atoms with E-state index in [1.54, 1.807) is 12.4 Å². The van der Waals surface area contributed by atoms with E-state index < -0.39 is 0 Å². The van der Waals surface area contributed by atoms with E-state index in [1.807, 2.05) is 44.2 Å². The van der Waals surface area contributed by atoms with Crippen LogP contribution in [0.4, 0.5) is 0 Å². The van der Waals surface area contributed by atoms with Crippen LogP contribution in [-0.4, -0.2) is 30.1 Å². The first-order chi connectivity index (χ1) is 11.1. The van der Waals surface area contributed by atoms with Gasteiger partial charge >= 0.3 is 0 Å². The van der Waals surface area contributed by atoms with Gasteiger partial charge < -0.3 is 10.1 Å². The Labute approximate surface area is 136 Å². The van der Waals surface area contributed by atoms with E-state index in [0.29, 0.717) is 19.1 Å². The van der Waals surface area contributed by atoms with Gasteiger partial charge in [-0.1, -0.05) is 18.2 Å². The fourth-order valence-corrected chi connectivity index (χ4v) is 3.19. The van der Waals surface area contributed by atoms with Crippen molar-refractivity contribution in [3.05, 3.63) is 65.0 Å². The summed E-state index contributed by atoms with van der Waals surface area (Å²) in [5.74, 6) is 0.293. The molecule has 2 aromatic rings. The van der Waals surface area contributed by atoms with E-state index in [4.69, 9.17) is 4.74 Å². The number of benzene rings is 1. The third-order valence-electron chi connectivity index (χ3n) is 4.47. The average Bonchev–Trinajstić information content (AvgIpc) is 2.95. The fraction of sp³-hybridized carbons (Fsp3) is 0.368. The molecule has 0 aliphatic carbocycles. The lowest BCUT2D eigenvalue weighted by Crippen LogP contribution is -2.41. The highest BCUT2D eigenvalue weighted by molar-refractivity contribution is 5.97. The summed E-state index contributed by atoms with van der Waals surface area (Å²) in [5.41, 5.74) is 4.02. The predicted molar refractivity (Wildman–Crippen MR) is 89.4 cm³/mol. The predicted octanol–water partition coefficient (Wildman–Crippen LogP) is 2.69. The molecule has 23 heavy (non-hydrogen) atoms. The molecule has 4 nitrogen and oxygen atoms in total. The molecule has 0 radical (unpaired) electrons. The molecule has 4 heteroatoms. The van der Waals surface area contributed by atoms with Crippen molar-refractivity contribution in [1.82, 2.24) is 10.3 Å². The largest absolute Gasteiger partial charge is 0.379 e. The van der Waals surface area contributed by atoms with Gasteiger partial charge in [0.25, 0.3) is 5.91 Å². The second-order valence-electron chi connectivity index (χ2n) is 6.20. The molecule has 1 aliphatic heterocycles. The van der Waals surface area contributed by atoms with Crippen molar-refractivity contribution >= 4 is 5.91 Å². The Morgan fingerprint density at radius 3 is 2.57 bits per heavy atom. The van der Waals surface area contributed by atoms with Gasteiger partial charge in [-0.2, -0.15) is 0 Å². The van der Waals surface area contributed by atoms with E-state index in [-0.39, 0.29) is 11.9 Å². The number of carbonyl (C=O) groups excluding carboxylic acids is 1. The molecule has 120 valence electrons. The first kappa shape index (κ1) is 15.7. The molecule has 1 aliphatic rings. The zero-order chi connectivity index (χ0) is 16.2. The van der Waals surface area contributed by atoms with Crippen LogP contribution in [0, 0.1) is 19.8 Å². The second-order valence-corrected chi connectivity index (χ2v) is 6.20. The summed E-state index contributed by atoms with van der Waals surface area (Å²) < 4.78 is 5.61. The van der Waals surface area contributed by atoms with Gasteiger partial charge in [-0.25, -0.2) is 0 Å². The number of nitrogens with zero attached hydrogens (tertiary/aromatic N) is 1. The number of aromatic nitrogens is 1. The van der Waals surface area contributed by atoms with Gasteiger partial charge in [0.15, 0.2) is 0 Å². The van der Waals surface area contributed by atoms with Crippen molar-refractivity contribution in [2.24, 2.45) is 5.92 Å². The van der Waals surface area contributed by atoms with Crippen molar-refractivity contribution in [3.8, 4) is 0 Å². The molecular weight excluding hydrogens is 288 g/mol. The third-order valence-corrected chi connectivity index (χ3v) is 4.47. The monoisotopic (exact) mass is 310 g/mol. The van der Waals surface area contributed by atoms with Gasteiger partial charge in [0.05, 0.1) is 19.3 Å². The maximum absolute atomic E-state index is 12.7. The summed E-state index contributed by atoms with van der Waals surface area (Å²) in [6, 6.07) is 10.0. The summed E-state index contributed by atoms with van der Waals surface area (Å²) in [4.78, 5) is 16.7. The lowest BCUT2D eigenvalue weighted by molar-refractivity contribution is 0.0924. The van der Waals surface area contributed by atoms with E-state index in [0.717, 1.165) is 23.1 Å². The van der Waals surface area contributed by atoms with Gasteiger partial charge in [0.2, 0.25) is 0 Å². The molecule has 2 atom stereocenters. The molecule has 2 heterocycles. The van der Waals surface area contributed by atoms with Gasteiger partial charge in [-0.3, -0.25) is 9.78 Å². The summed E-state index contributed by atoms with van der Waals surface area (Å²) in [7, 11) is 0. The molecule has 3 rings (SSSR count). The number of hydrogen-bond acceptors (Lipinski definition) is 3. The molecule has 1 N–H and O–H groups in total. The quantitative estimate of drug-likeness (QED) is 0.944. The number of aryl methyl sites for hydroxylation is 2. The minimum atomic E-state index is -0.00386. The zero-order valence-electron chi connectivity index (χ0n) is 13.6. The number of carbonyl (C=O) groups is 1. The van der Waals surface area contributed by atoms with Crippen LogP contribution in [-0.2, 0) is 11.2 Å². The number of pyridine rings is 1. The highest BCUT2D eigenvalue weighted by Gasteiger charge is 2.30. The second kappa shape index (κ2) is 6.92. The maximum atomic E-state index is 12.7. The van der Waals surface area contributed by atoms with Crippen LogP contribution < -0.4 is 5.32 Å². The first-order valence-electron chi connectivity index (χ1n) is 7.99. The summed E-state index contributed by atoms with van der Waals surface area (Å²) in [5, 5.41) is 3.17. The molecule has 1 saturated heterocycles. The Balaban J connectivity index is 1.70. The molecule has 0 saturated carbocycles. The normalized spacial score (nSPS) is 20.4. The van der Waals surface area contributed by atoms with Crippen molar-refractivity contribution in [1.29, 1.82) is 0 Å². The van der Waals surface area contributed by atoms with Crippen LogP contribution in [0.3, 0.4) is 0 Å². The van der Waals surface area contributed by atoms with Crippen LogP contribution in [0.25, 0.3) is 0 Å². The average molecular weight is 310 g/mol. The lowest BCUT2D eigenvalue weighted by Gasteiger charge is -2.20. The summed E-state index contributed by atoms with van der Waals surface area (Å²) in [6.07, 6.45) is 4.49. The van der Waals surface area contributed by atoms with Gasteiger partial charge in [-0.05, 0) is 49.1 Å². The number of ether oxygens (including phenoxy) is 1. The van der Waals surface area contributed by atoms with Crippen LogP contribution in [0.2, 0.25) is 0 Å². The van der Waals surface area contributed by atoms with Crippen LogP contribution in [0.1, 0.15) is 27.0 Å². The van der Waals surface area contributed by atoms with E-state index in [1.165, 1.54) is 5.56 Å². The Morgan fingerprint density at radius 1 is 1.17 bits per heavy atom. The summed E-state index contributed by atoms with van der Waals surface area (Å²) >= 11 is 0. The molecule has 0 bridgehead atoms. The van der Waals surface area contributed by atoms with Gasteiger partial charge in [0.1, 0.15) is 0 Å². The molecule has 0 spiro atoms. The Bertz CT molecular complexity index is 665. The smallest absolute Gasteiger partial charge is 0.252 e. The highest BCUT2D eigenvalue weighted by Crippen LogP contribution is 2.20. The lowest BCUT2D eigenvalue weighted by atomic mass is 9.94. The SMILES string of the molecule is Cc1cccc(C)c1C(=O)N[C@@H]1COC[C@H]1Cc1ccncc1. The Kier molecular flexibility index (Phi) is 4.72. The van der Waals surface area contributed by atoms with Crippen molar-refractivity contribution in [2.75, 3.05) is 13.2 Å². The Hall–Kier alpha value is -2.20. The molecule has 1 amide bonds. The minimum absolute atomic E-state index is 0.00386. The number of rotatable bonds is 4. The van der Waals surface area contributed by atoms with Crippen LogP contribution in [0.5, 0.6) is 0 Å². The molecule has 1 aromatic heterocycles.